The molecule has 0 aromatic heterocycles. The zero-order valence-corrected chi connectivity index (χ0v) is 12.1. The highest BCUT2D eigenvalue weighted by Crippen LogP contribution is 2.27. The molecule has 11 nitrogen and oxygen atoms in total. The molecular formula is C12H23NO10. The summed E-state index contributed by atoms with van der Waals surface area (Å²) < 4.78 is 15.5. The van der Waals surface area contributed by atoms with Crippen molar-refractivity contribution in [2.45, 2.75) is 61.3 Å². The molecule has 2 aliphatic heterocycles. The van der Waals surface area contributed by atoms with E-state index >= 15 is 0 Å². The summed E-state index contributed by atoms with van der Waals surface area (Å²) in [6.45, 7) is -1.23. The van der Waals surface area contributed by atoms with E-state index in [9.17, 15) is 25.5 Å². The third kappa shape index (κ3) is 3.65. The first kappa shape index (κ1) is 18.9. The van der Waals surface area contributed by atoms with Crippen LogP contribution in [-0.2, 0) is 14.2 Å². The summed E-state index contributed by atoms with van der Waals surface area (Å²) in [5.74, 6) is 0. The third-order valence-electron chi connectivity index (χ3n) is 4.05. The molecule has 0 unspecified atom stereocenters. The minimum Gasteiger partial charge on any atom is -0.394 e. The number of rotatable bonds is 4. The van der Waals surface area contributed by atoms with Crippen molar-refractivity contribution in [3.63, 3.8) is 0 Å². The van der Waals surface area contributed by atoms with Gasteiger partial charge in [-0.25, -0.2) is 0 Å². The number of aliphatic hydroxyl groups is 7. The Kier molecular flexibility index (Phi) is 6.27. The van der Waals surface area contributed by atoms with Crippen molar-refractivity contribution in [2.75, 3.05) is 13.2 Å². The van der Waals surface area contributed by atoms with Crippen molar-refractivity contribution in [1.82, 2.24) is 0 Å². The first-order valence-electron chi connectivity index (χ1n) is 7.15. The van der Waals surface area contributed by atoms with Crippen molar-refractivity contribution in [3.8, 4) is 0 Å². The SMILES string of the molecule is N[C@H]1[C@H](O)[C@@H](O[C@H]2O[C@@H](CO)[C@H](O)[C@@H](O)[C@@H]2O)O[C@@H](CO)[C@@H]1O. The molecule has 0 amide bonds. The first-order chi connectivity index (χ1) is 10.8. The van der Waals surface area contributed by atoms with Gasteiger partial charge in [-0.05, 0) is 0 Å². The van der Waals surface area contributed by atoms with Crippen molar-refractivity contribution in [2.24, 2.45) is 5.73 Å². The van der Waals surface area contributed by atoms with E-state index in [1.807, 2.05) is 0 Å². The molecule has 9 N–H and O–H groups in total. The van der Waals surface area contributed by atoms with Crippen LogP contribution in [0.4, 0.5) is 0 Å². The molecule has 0 spiro atoms. The van der Waals surface area contributed by atoms with E-state index in [0.29, 0.717) is 0 Å². The Hall–Kier alpha value is -0.440. The summed E-state index contributed by atoms with van der Waals surface area (Å²) in [6, 6.07) is -1.18. The van der Waals surface area contributed by atoms with Crippen LogP contribution < -0.4 is 5.73 Å². The molecule has 136 valence electrons. The molecule has 2 aliphatic rings. The molecule has 0 saturated carbocycles. The summed E-state index contributed by atoms with van der Waals surface area (Å²) in [5, 5.41) is 67.1. The molecule has 0 radical (unpaired) electrons. The topological polar surface area (TPSA) is 195 Å². The molecule has 11 heteroatoms. The Labute approximate surface area is 131 Å². The predicted octanol–water partition coefficient (Wildman–Crippen LogP) is -5.43. The van der Waals surface area contributed by atoms with Gasteiger partial charge in [-0.3, -0.25) is 0 Å². The summed E-state index contributed by atoms with van der Waals surface area (Å²) in [5.41, 5.74) is 5.62. The average molecular weight is 341 g/mol. The van der Waals surface area contributed by atoms with Crippen LogP contribution in [-0.4, -0.2) is 110 Å². The van der Waals surface area contributed by atoms with Gasteiger partial charge >= 0.3 is 0 Å². The molecule has 2 heterocycles. The Bertz CT molecular complexity index is 349. The smallest absolute Gasteiger partial charge is 0.189 e. The standard InChI is InChI=1S/C12H23NO10/c13-5-6(16)3(1-14)21-11(8(5)18)23-12-10(20)9(19)7(17)4(2-15)22-12/h3-12,14-20H,1-2,13H2/t3-,4-,5+,6-,7-,8-,9+,10-,11+,12+/m0/s1. The normalized spacial score (nSPS) is 51.7. The maximum absolute atomic E-state index is 9.96. The second kappa shape index (κ2) is 7.63. The summed E-state index contributed by atoms with van der Waals surface area (Å²) in [7, 11) is 0. The molecule has 0 aliphatic carbocycles. The first-order valence-corrected chi connectivity index (χ1v) is 7.15. The molecule has 2 saturated heterocycles. The van der Waals surface area contributed by atoms with E-state index in [0.717, 1.165) is 0 Å². The van der Waals surface area contributed by atoms with Gasteiger partial charge in [0.1, 0.15) is 42.7 Å². The van der Waals surface area contributed by atoms with Crippen LogP contribution in [0, 0.1) is 0 Å². The van der Waals surface area contributed by atoms with Gasteiger partial charge in [-0.1, -0.05) is 0 Å². The number of hydrogen-bond donors (Lipinski definition) is 8. The van der Waals surface area contributed by atoms with Crippen LogP contribution in [0.15, 0.2) is 0 Å². The van der Waals surface area contributed by atoms with Gasteiger partial charge in [0.05, 0.1) is 19.3 Å². The van der Waals surface area contributed by atoms with Gasteiger partial charge in [0, 0.05) is 0 Å². The minimum absolute atomic E-state index is 0.587. The molecule has 2 fully saturated rings. The maximum atomic E-state index is 9.96. The van der Waals surface area contributed by atoms with Crippen molar-refractivity contribution >= 4 is 0 Å². The lowest BCUT2D eigenvalue weighted by molar-refractivity contribution is -0.368. The van der Waals surface area contributed by atoms with Gasteiger partial charge < -0.3 is 55.7 Å². The second-order valence-electron chi connectivity index (χ2n) is 5.62. The Morgan fingerprint density at radius 1 is 0.696 bits per heavy atom. The number of nitrogens with two attached hydrogens (primary N) is 1. The van der Waals surface area contributed by atoms with E-state index in [1.165, 1.54) is 0 Å². The quantitative estimate of drug-likeness (QED) is 0.243. The third-order valence-corrected chi connectivity index (χ3v) is 4.05. The van der Waals surface area contributed by atoms with E-state index in [-0.39, 0.29) is 0 Å². The predicted molar refractivity (Wildman–Crippen MR) is 70.6 cm³/mol. The van der Waals surface area contributed by atoms with Crippen LogP contribution >= 0.6 is 0 Å². The zero-order valence-electron chi connectivity index (χ0n) is 12.1. The average Bonchev–Trinajstić information content (AvgIpc) is 2.55. The van der Waals surface area contributed by atoms with Crippen LogP contribution in [0.5, 0.6) is 0 Å². The Morgan fingerprint density at radius 3 is 1.70 bits per heavy atom. The largest absolute Gasteiger partial charge is 0.394 e. The molecule has 0 aromatic rings. The van der Waals surface area contributed by atoms with Crippen molar-refractivity contribution in [3.05, 3.63) is 0 Å². The molecule has 0 bridgehead atoms. The second-order valence-corrected chi connectivity index (χ2v) is 5.62. The van der Waals surface area contributed by atoms with Crippen LogP contribution in [0.1, 0.15) is 0 Å². The fourth-order valence-electron chi connectivity index (χ4n) is 2.54. The van der Waals surface area contributed by atoms with E-state index in [4.69, 9.17) is 30.2 Å². The highest BCUT2D eigenvalue weighted by molar-refractivity contribution is 4.93. The van der Waals surface area contributed by atoms with Crippen LogP contribution in [0.2, 0.25) is 0 Å². The van der Waals surface area contributed by atoms with Gasteiger partial charge in [-0.2, -0.15) is 0 Å². The number of aliphatic hydroxyl groups excluding tert-OH is 7. The van der Waals surface area contributed by atoms with Gasteiger partial charge in [0.15, 0.2) is 12.6 Å². The monoisotopic (exact) mass is 341 g/mol. The van der Waals surface area contributed by atoms with Crippen LogP contribution in [0.3, 0.4) is 0 Å². The lowest BCUT2D eigenvalue weighted by atomic mass is 9.97. The van der Waals surface area contributed by atoms with Crippen molar-refractivity contribution in [1.29, 1.82) is 0 Å². The maximum Gasteiger partial charge on any atom is 0.189 e. The van der Waals surface area contributed by atoms with E-state index in [2.05, 4.69) is 0 Å². The minimum atomic E-state index is -1.68. The number of ether oxygens (including phenoxy) is 3. The zero-order chi connectivity index (χ0) is 17.3. The number of hydrogen-bond acceptors (Lipinski definition) is 11. The van der Waals surface area contributed by atoms with E-state index in [1.54, 1.807) is 0 Å². The highest BCUT2D eigenvalue weighted by Gasteiger charge is 2.49. The van der Waals surface area contributed by atoms with Gasteiger partial charge in [0.2, 0.25) is 0 Å². The van der Waals surface area contributed by atoms with Gasteiger partial charge in [0.25, 0.3) is 0 Å². The fourth-order valence-corrected chi connectivity index (χ4v) is 2.54. The Morgan fingerprint density at radius 2 is 1.17 bits per heavy atom. The molecular weight excluding hydrogens is 318 g/mol. The molecule has 2 rings (SSSR count). The van der Waals surface area contributed by atoms with Crippen LogP contribution in [0.25, 0.3) is 0 Å². The fraction of sp³-hybridized carbons (Fsp3) is 1.00. The molecule has 0 aromatic carbocycles. The lowest BCUT2D eigenvalue weighted by Crippen LogP contribution is -2.65. The lowest BCUT2D eigenvalue weighted by Gasteiger charge is -2.44. The summed E-state index contributed by atoms with van der Waals surface area (Å²) in [4.78, 5) is 0. The molecule has 23 heavy (non-hydrogen) atoms. The highest BCUT2D eigenvalue weighted by atomic mass is 16.8. The summed E-state index contributed by atoms with van der Waals surface area (Å²) in [6.07, 6.45) is -13.0. The summed E-state index contributed by atoms with van der Waals surface area (Å²) >= 11 is 0. The van der Waals surface area contributed by atoms with Crippen molar-refractivity contribution < 1.29 is 50.0 Å². The molecule has 10 atom stereocenters. The van der Waals surface area contributed by atoms with Gasteiger partial charge in [-0.15, -0.1) is 0 Å². The Balaban J connectivity index is 2.07. The van der Waals surface area contributed by atoms with E-state index < -0.39 is 74.6 Å².